The smallest absolute Gasteiger partial charge is 0.330 e. The molecule has 1 aromatic carbocycles. The van der Waals surface area contributed by atoms with Gasteiger partial charge in [0, 0.05) is 18.7 Å². The maximum atomic E-state index is 13.6. The topological polar surface area (TPSA) is 139 Å². The van der Waals surface area contributed by atoms with Crippen molar-refractivity contribution in [2.24, 2.45) is 11.8 Å². The van der Waals surface area contributed by atoms with Crippen LogP contribution in [-0.2, 0) is 17.9 Å². The van der Waals surface area contributed by atoms with Gasteiger partial charge in [-0.05, 0) is 29.5 Å². The fourth-order valence-corrected chi connectivity index (χ4v) is 4.43. The molecule has 1 fully saturated rings. The zero-order valence-electron chi connectivity index (χ0n) is 19.7. The molecule has 1 saturated heterocycles. The Labute approximate surface area is 201 Å². The number of nitrogens with two attached hydrogens (primary N) is 1. The Balaban J connectivity index is 2.02. The molecule has 11 heteroatoms. The highest BCUT2D eigenvalue weighted by Gasteiger charge is 2.30. The van der Waals surface area contributed by atoms with E-state index in [4.69, 9.17) is 5.73 Å². The molecule has 34 heavy (non-hydrogen) atoms. The molecule has 3 amide bonds. The zero-order chi connectivity index (χ0) is 25.2. The minimum absolute atomic E-state index is 0.00622. The molecule has 1 aliphatic heterocycles. The van der Waals surface area contributed by atoms with E-state index in [0.717, 1.165) is 16.7 Å². The van der Waals surface area contributed by atoms with Gasteiger partial charge in [-0.2, -0.15) is 0 Å². The molecule has 0 saturated carbocycles. The van der Waals surface area contributed by atoms with E-state index in [9.17, 15) is 24.0 Å². The minimum Gasteiger partial charge on any atom is -0.383 e. The largest absolute Gasteiger partial charge is 0.383 e. The van der Waals surface area contributed by atoms with E-state index < -0.39 is 17.2 Å². The third-order valence-corrected chi connectivity index (χ3v) is 6.04. The molecule has 0 unspecified atom stereocenters. The Kier molecular flexibility index (Phi) is 7.65. The second kappa shape index (κ2) is 10.3. The average molecular weight is 488 g/mol. The minimum atomic E-state index is -0.738. The number of nitrogen functional groups attached to an aromatic ring is 1. The predicted molar refractivity (Wildman–Crippen MR) is 132 cm³/mol. The number of aromatic amines is 1. The molecule has 0 bridgehead atoms. The van der Waals surface area contributed by atoms with Crippen LogP contribution in [0.1, 0.15) is 43.6 Å². The summed E-state index contributed by atoms with van der Waals surface area (Å²) in [6, 6.07) is 6.56. The molecule has 1 aliphatic rings. The van der Waals surface area contributed by atoms with Crippen molar-refractivity contribution in [2.75, 3.05) is 22.9 Å². The summed E-state index contributed by atoms with van der Waals surface area (Å²) in [5, 5.41) is -0.324. The summed E-state index contributed by atoms with van der Waals surface area (Å²) < 4.78 is 1.26. The number of imide groups is 1. The first kappa shape index (κ1) is 25.3. The number of rotatable bonds is 8. The number of amides is 3. The molecule has 0 spiro atoms. The van der Waals surface area contributed by atoms with Gasteiger partial charge < -0.3 is 10.6 Å². The number of anilines is 2. The number of aromatic nitrogens is 2. The molecule has 182 valence electrons. The highest BCUT2D eigenvalue weighted by Crippen LogP contribution is 2.24. The molecule has 10 nitrogen and oxygen atoms in total. The van der Waals surface area contributed by atoms with Crippen LogP contribution in [0.15, 0.2) is 33.9 Å². The lowest BCUT2D eigenvalue weighted by atomic mass is 10.1. The van der Waals surface area contributed by atoms with E-state index in [1.54, 1.807) is 24.3 Å². The first-order chi connectivity index (χ1) is 16.0. The second-order valence-electron chi connectivity index (χ2n) is 9.04. The second-order valence-corrected chi connectivity index (χ2v) is 9.97. The van der Waals surface area contributed by atoms with Crippen molar-refractivity contribution in [3.8, 4) is 0 Å². The Morgan fingerprint density at radius 2 is 1.85 bits per heavy atom. The zero-order valence-corrected chi connectivity index (χ0v) is 20.5. The number of hydrogen-bond donors (Lipinski definition) is 2. The first-order valence-corrected chi connectivity index (χ1v) is 12.0. The lowest BCUT2D eigenvalue weighted by molar-refractivity contribution is -0.125. The Morgan fingerprint density at radius 1 is 1.15 bits per heavy atom. The standard InChI is InChI=1S/C23H29N5O5S/c1-13(2)9-27(18-19(24)28(10-14(3)4)22(32)25-20(18)30)21(31)16-7-5-6-15(8-16)11-26-17(29)12-34-23(26)33/h5-8,13-14H,9-12,24H2,1-4H3,(H,25,30,32). The number of hydrogen-bond acceptors (Lipinski definition) is 7. The summed E-state index contributed by atoms with van der Waals surface area (Å²) in [6.45, 7) is 8.14. The first-order valence-electron chi connectivity index (χ1n) is 11.0. The SMILES string of the molecule is CC(C)CN(C(=O)c1cccc(CN2C(=O)CSC2=O)c1)c1c(N)n(CC(C)C)c(=O)[nH]c1=O. The normalized spacial score (nSPS) is 13.9. The summed E-state index contributed by atoms with van der Waals surface area (Å²) in [6.07, 6.45) is 0. The molecule has 0 aliphatic carbocycles. The Morgan fingerprint density at radius 3 is 2.44 bits per heavy atom. The number of nitrogens with one attached hydrogen (secondary N) is 1. The fourth-order valence-electron chi connectivity index (χ4n) is 3.70. The van der Waals surface area contributed by atoms with E-state index >= 15 is 0 Å². The molecule has 1 aromatic heterocycles. The van der Waals surface area contributed by atoms with Crippen molar-refractivity contribution in [1.29, 1.82) is 0 Å². The fraction of sp³-hybridized carbons (Fsp3) is 0.435. The number of carbonyl (C=O) groups is 3. The van der Waals surface area contributed by atoms with Crippen molar-refractivity contribution in [2.45, 2.75) is 40.8 Å². The number of H-pyrrole nitrogens is 1. The number of nitrogens with zero attached hydrogens (tertiary/aromatic N) is 3. The summed E-state index contributed by atoms with van der Waals surface area (Å²) in [7, 11) is 0. The van der Waals surface area contributed by atoms with Crippen LogP contribution in [0.2, 0.25) is 0 Å². The predicted octanol–water partition coefficient (Wildman–Crippen LogP) is 2.27. The van der Waals surface area contributed by atoms with E-state index in [1.165, 1.54) is 9.47 Å². The quantitative estimate of drug-likeness (QED) is 0.582. The average Bonchev–Trinajstić information content (AvgIpc) is 3.07. The van der Waals surface area contributed by atoms with Crippen LogP contribution in [0.4, 0.5) is 16.3 Å². The molecular weight excluding hydrogens is 458 g/mol. The van der Waals surface area contributed by atoms with Crippen molar-refractivity contribution in [3.63, 3.8) is 0 Å². The van der Waals surface area contributed by atoms with Crippen LogP contribution < -0.4 is 21.9 Å². The lowest BCUT2D eigenvalue weighted by Crippen LogP contribution is -2.43. The van der Waals surface area contributed by atoms with Gasteiger partial charge in [-0.3, -0.25) is 33.6 Å². The summed E-state index contributed by atoms with van der Waals surface area (Å²) in [4.78, 5) is 67.4. The summed E-state index contributed by atoms with van der Waals surface area (Å²) >= 11 is 0.944. The molecule has 0 atom stereocenters. The Hall–Kier alpha value is -3.34. The van der Waals surface area contributed by atoms with E-state index in [2.05, 4.69) is 4.98 Å². The van der Waals surface area contributed by atoms with Gasteiger partial charge in [0.05, 0.1) is 12.3 Å². The van der Waals surface area contributed by atoms with Crippen molar-refractivity contribution >= 4 is 40.3 Å². The highest BCUT2D eigenvalue weighted by atomic mass is 32.2. The molecule has 3 rings (SSSR count). The summed E-state index contributed by atoms with van der Waals surface area (Å²) in [5.74, 6) is -0.644. The van der Waals surface area contributed by atoms with Crippen LogP contribution in [0.3, 0.4) is 0 Å². The van der Waals surface area contributed by atoms with Gasteiger partial charge >= 0.3 is 5.69 Å². The van der Waals surface area contributed by atoms with Gasteiger partial charge in [0.15, 0.2) is 5.69 Å². The van der Waals surface area contributed by atoms with Gasteiger partial charge in [0.2, 0.25) is 5.91 Å². The third-order valence-electron chi connectivity index (χ3n) is 5.18. The van der Waals surface area contributed by atoms with Gasteiger partial charge in [-0.1, -0.05) is 51.6 Å². The van der Waals surface area contributed by atoms with Crippen LogP contribution in [-0.4, -0.2) is 43.8 Å². The van der Waals surface area contributed by atoms with E-state index in [-0.39, 0.29) is 65.4 Å². The number of carbonyl (C=O) groups excluding carboxylic acids is 3. The van der Waals surface area contributed by atoms with Crippen LogP contribution in [0.5, 0.6) is 0 Å². The van der Waals surface area contributed by atoms with Crippen LogP contribution >= 0.6 is 11.8 Å². The maximum absolute atomic E-state index is 13.6. The van der Waals surface area contributed by atoms with Gasteiger partial charge in [-0.15, -0.1) is 0 Å². The summed E-state index contributed by atoms with van der Waals surface area (Å²) in [5.41, 5.74) is 5.69. The van der Waals surface area contributed by atoms with E-state index in [1.807, 2.05) is 27.7 Å². The van der Waals surface area contributed by atoms with Gasteiger partial charge in [0.25, 0.3) is 16.7 Å². The molecular formula is C23H29N5O5S. The lowest BCUT2D eigenvalue weighted by Gasteiger charge is -2.26. The number of benzene rings is 1. The van der Waals surface area contributed by atoms with Crippen LogP contribution in [0, 0.1) is 11.8 Å². The Bertz CT molecular complexity index is 1220. The molecule has 3 N–H and O–H groups in total. The van der Waals surface area contributed by atoms with Crippen LogP contribution in [0.25, 0.3) is 0 Å². The monoisotopic (exact) mass is 487 g/mol. The van der Waals surface area contributed by atoms with Gasteiger partial charge in [0.1, 0.15) is 5.82 Å². The molecule has 2 aromatic rings. The maximum Gasteiger partial charge on any atom is 0.330 e. The van der Waals surface area contributed by atoms with Crippen molar-refractivity contribution in [3.05, 3.63) is 56.2 Å². The third kappa shape index (κ3) is 5.41. The van der Waals surface area contributed by atoms with Gasteiger partial charge in [-0.25, -0.2) is 4.79 Å². The van der Waals surface area contributed by atoms with Crippen molar-refractivity contribution < 1.29 is 14.4 Å². The highest BCUT2D eigenvalue weighted by molar-refractivity contribution is 8.14. The van der Waals surface area contributed by atoms with E-state index in [0.29, 0.717) is 5.56 Å². The molecule has 0 radical (unpaired) electrons. The number of thioether (sulfide) groups is 1. The van der Waals surface area contributed by atoms with Crippen molar-refractivity contribution in [1.82, 2.24) is 14.5 Å². The molecule has 2 heterocycles.